The number of amides is 2. The van der Waals surface area contributed by atoms with E-state index in [0.29, 0.717) is 22.7 Å². The number of ether oxygens (including phenoxy) is 2. The van der Waals surface area contributed by atoms with Crippen molar-refractivity contribution in [1.29, 1.82) is 0 Å². The second-order valence-electron chi connectivity index (χ2n) is 7.49. The van der Waals surface area contributed by atoms with Gasteiger partial charge in [0.1, 0.15) is 18.0 Å². The molecule has 0 aromatic heterocycles. The van der Waals surface area contributed by atoms with Crippen LogP contribution in [0.25, 0.3) is 0 Å². The van der Waals surface area contributed by atoms with Gasteiger partial charge in [-0.2, -0.15) is 0 Å². The monoisotopic (exact) mass is 416 g/mol. The second-order valence-corrected chi connectivity index (χ2v) is 7.49. The fraction of sp³-hybridized carbons (Fsp3) is 0.200. The summed E-state index contributed by atoms with van der Waals surface area (Å²) in [6.45, 7) is 1.92. The van der Waals surface area contributed by atoms with E-state index in [2.05, 4.69) is 5.32 Å². The van der Waals surface area contributed by atoms with Gasteiger partial charge in [-0.3, -0.25) is 9.59 Å². The lowest BCUT2D eigenvalue weighted by Gasteiger charge is -2.31. The number of hydrogen-bond donors (Lipinski definition) is 1. The first kappa shape index (κ1) is 20.5. The second kappa shape index (κ2) is 8.52. The molecule has 0 fully saturated rings. The zero-order valence-corrected chi connectivity index (χ0v) is 17.7. The molecule has 31 heavy (non-hydrogen) atoms. The van der Waals surface area contributed by atoms with Gasteiger partial charge in [0, 0.05) is 22.9 Å². The smallest absolute Gasteiger partial charge is 0.255 e. The van der Waals surface area contributed by atoms with Gasteiger partial charge in [-0.1, -0.05) is 48.0 Å². The molecule has 1 heterocycles. The molecule has 1 unspecified atom stereocenters. The number of rotatable bonds is 4. The van der Waals surface area contributed by atoms with Gasteiger partial charge in [-0.05, 0) is 30.7 Å². The first-order valence-electron chi connectivity index (χ1n) is 9.99. The lowest BCUT2D eigenvalue weighted by atomic mass is 9.94. The molecule has 0 spiro atoms. The molecule has 0 aliphatic carbocycles. The van der Waals surface area contributed by atoms with Gasteiger partial charge in [0.2, 0.25) is 5.91 Å². The molecular formula is C25H24N2O4. The van der Waals surface area contributed by atoms with Crippen LogP contribution in [0.4, 0.5) is 5.69 Å². The van der Waals surface area contributed by atoms with Crippen molar-refractivity contribution in [2.75, 3.05) is 26.1 Å². The normalized spacial score (nSPS) is 15.5. The summed E-state index contributed by atoms with van der Waals surface area (Å²) in [5.74, 6) is 0.492. The molecule has 3 aromatic rings. The molecule has 1 atom stereocenters. The molecule has 1 aliphatic rings. The Morgan fingerprint density at radius 1 is 0.968 bits per heavy atom. The molecule has 1 N–H and O–H groups in total. The van der Waals surface area contributed by atoms with Crippen LogP contribution in [0.1, 0.15) is 33.1 Å². The molecule has 0 radical (unpaired) electrons. The first-order valence-corrected chi connectivity index (χ1v) is 9.99. The average molecular weight is 416 g/mol. The van der Waals surface area contributed by atoms with Crippen molar-refractivity contribution >= 4 is 17.5 Å². The van der Waals surface area contributed by atoms with Crippen LogP contribution >= 0.6 is 0 Å². The van der Waals surface area contributed by atoms with Crippen LogP contribution < -0.4 is 14.8 Å². The van der Waals surface area contributed by atoms with Crippen LogP contribution in [0.5, 0.6) is 11.5 Å². The summed E-state index contributed by atoms with van der Waals surface area (Å²) in [6, 6.07) is 20.2. The number of methoxy groups -OCH3 is 2. The topological polar surface area (TPSA) is 67.9 Å². The number of carbonyl (C=O) groups is 2. The quantitative estimate of drug-likeness (QED) is 0.692. The highest BCUT2D eigenvalue weighted by Gasteiger charge is 2.34. The predicted octanol–water partition coefficient (Wildman–Crippen LogP) is 4.20. The Morgan fingerprint density at radius 2 is 1.65 bits per heavy atom. The minimum absolute atomic E-state index is 0.0777. The molecule has 0 saturated heterocycles. The average Bonchev–Trinajstić information content (AvgIpc) is 2.94. The van der Waals surface area contributed by atoms with E-state index in [0.717, 1.165) is 16.7 Å². The molecule has 4 rings (SSSR count). The fourth-order valence-electron chi connectivity index (χ4n) is 3.91. The summed E-state index contributed by atoms with van der Waals surface area (Å²) in [7, 11) is 3.07. The Hall–Kier alpha value is -3.80. The van der Waals surface area contributed by atoms with Crippen LogP contribution in [0.15, 0.2) is 66.7 Å². The number of carbonyl (C=O) groups excluding carboxylic acids is 2. The number of nitrogens with zero attached hydrogens (tertiary/aromatic N) is 1. The summed E-state index contributed by atoms with van der Waals surface area (Å²) in [6.07, 6.45) is 0. The van der Waals surface area contributed by atoms with Crippen molar-refractivity contribution in [3.8, 4) is 11.5 Å². The standard InChI is InChI=1S/C25H24N2O4/c1-16-9-10-22-21(11-16)24(17-7-5-4-6-8-17)27(15-23(28)26-22)25(29)18-12-19(30-2)14-20(13-18)31-3/h4-14,24H,15H2,1-3H3,(H,26,28). The SMILES string of the molecule is COc1cc(OC)cc(C(=O)N2CC(=O)Nc3ccc(C)cc3C2c2ccccc2)c1. The zero-order valence-electron chi connectivity index (χ0n) is 17.7. The summed E-state index contributed by atoms with van der Waals surface area (Å²) in [5.41, 5.74) is 3.95. The minimum Gasteiger partial charge on any atom is -0.497 e. The molecule has 158 valence electrons. The van der Waals surface area contributed by atoms with E-state index in [1.807, 2.05) is 55.5 Å². The molecule has 1 aliphatic heterocycles. The van der Waals surface area contributed by atoms with Crippen LogP contribution in [-0.4, -0.2) is 37.5 Å². The Balaban J connectivity index is 1.88. The number of anilines is 1. The third-order valence-electron chi connectivity index (χ3n) is 5.38. The number of nitrogens with one attached hydrogen (secondary N) is 1. The van der Waals surface area contributed by atoms with E-state index >= 15 is 0 Å². The number of hydrogen-bond acceptors (Lipinski definition) is 4. The van der Waals surface area contributed by atoms with E-state index in [1.54, 1.807) is 23.1 Å². The van der Waals surface area contributed by atoms with Gasteiger partial charge >= 0.3 is 0 Å². The lowest BCUT2D eigenvalue weighted by molar-refractivity contribution is -0.117. The Labute approximate surface area is 181 Å². The van der Waals surface area contributed by atoms with E-state index in [1.165, 1.54) is 14.2 Å². The van der Waals surface area contributed by atoms with Crippen LogP contribution in [0, 0.1) is 6.92 Å². The minimum atomic E-state index is -0.431. The molecule has 0 saturated carbocycles. The van der Waals surface area contributed by atoms with Crippen molar-refractivity contribution in [3.63, 3.8) is 0 Å². The largest absolute Gasteiger partial charge is 0.497 e. The Kier molecular flexibility index (Phi) is 5.62. The lowest BCUT2D eigenvalue weighted by Crippen LogP contribution is -2.39. The molecule has 6 nitrogen and oxygen atoms in total. The molecule has 3 aromatic carbocycles. The van der Waals surface area contributed by atoms with Crippen molar-refractivity contribution < 1.29 is 19.1 Å². The molecular weight excluding hydrogens is 392 g/mol. The fourth-order valence-corrected chi connectivity index (χ4v) is 3.91. The molecule has 6 heteroatoms. The third-order valence-corrected chi connectivity index (χ3v) is 5.38. The summed E-state index contributed by atoms with van der Waals surface area (Å²) in [5, 5.41) is 2.95. The van der Waals surface area contributed by atoms with Crippen LogP contribution in [0.2, 0.25) is 0 Å². The molecule has 0 bridgehead atoms. The summed E-state index contributed by atoms with van der Waals surface area (Å²) >= 11 is 0. The van der Waals surface area contributed by atoms with Gasteiger partial charge in [-0.25, -0.2) is 0 Å². The van der Waals surface area contributed by atoms with E-state index in [-0.39, 0.29) is 18.4 Å². The van der Waals surface area contributed by atoms with E-state index in [4.69, 9.17) is 9.47 Å². The number of fused-ring (bicyclic) bond motifs is 1. The van der Waals surface area contributed by atoms with E-state index < -0.39 is 6.04 Å². The summed E-state index contributed by atoms with van der Waals surface area (Å²) < 4.78 is 10.7. The number of benzene rings is 3. The Morgan fingerprint density at radius 3 is 2.29 bits per heavy atom. The van der Waals surface area contributed by atoms with Crippen molar-refractivity contribution in [2.24, 2.45) is 0 Å². The van der Waals surface area contributed by atoms with Gasteiger partial charge in [0.15, 0.2) is 0 Å². The summed E-state index contributed by atoms with van der Waals surface area (Å²) in [4.78, 5) is 28.1. The van der Waals surface area contributed by atoms with Gasteiger partial charge in [0.25, 0.3) is 5.91 Å². The van der Waals surface area contributed by atoms with Crippen LogP contribution in [-0.2, 0) is 4.79 Å². The first-order chi connectivity index (χ1) is 15.0. The highest BCUT2D eigenvalue weighted by molar-refractivity contribution is 6.02. The van der Waals surface area contributed by atoms with Gasteiger partial charge < -0.3 is 19.7 Å². The maximum Gasteiger partial charge on any atom is 0.255 e. The maximum absolute atomic E-state index is 13.7. The van der Waals surface area contributed by atoms with Crippen molar-refractivity contribution in [3.05, 3.63) is 89.0 Å². The highest BCUT2D eigenvalue weighted by atomic mass is 16.5. The Bertz CT molecular complexity index is 1110. The maximum atomic E-state index is 13.7. The third kappa shape index (κ3) is 4.10. The van der Waals surface area contributed by atoms with Crippen LogP contribution in [0.3, 0.4) is 0 Å². The highest BCUT2D eigenvalue weighted by Crippen LogP contribution is 2.37. The molecule has 2 amide bonds. The van der Waals surface area contributed by atoms with Gasteiger partial charge in [-0.15, -0.1) is 0 Å². The predicted molar refractivity (Wildman–Crippen MR) is 119 cm³/mol. The van der Waals surface area contributed by atoms with Crippen molar-refractivity contribution in [1.82, 2.24) is 4.90 Å². The van der Waals surface area contributed by atoms with Crippen molar-refractivity contribution in [2.45, 2.75) is 13.0 Å². The zero-order chi connectivity index (χ0) is 22.0. The number of aryl methyl sites for hydroxylation is 1. The van der Waals surface area contributed by atoms with Gasteiger partial charge in [0.05, 0.1) is 20.3 Å². The van der Waals surface area contributed by atoms with E-state index in [9.17, 15) is 9.59 Å².